The van der Waals surface area contributed by atoms with Gasteiger partial charge in [-0.25, -0.2) is 0 Å². The van der Waals surface area contributed by atoms with Crippen LogP contribution in [0.1, 0.15) is 74.1 Å². The Morgan fingerprint density at radius 3 is 1.67 bits per heavy atom. The van der Waals surface area contributed by atoms with Gasteiger partial charge in [0, 0.05) is 11.8 Å². The number of aryl methyl sites for hydroxylation is 2. The molecule has 0 heterocycles. The zero-order valence-electron chi connectivity index (χ0n) is 16.1. The molecule has 2 aromatic carbocycles. The van der Waals surface area contributed by atoms with Crippen LogP contribution in [0.25, 0.3) is 0 Å². The van der Waals surface area contributed by atoms with E-state index in [9.17, 15) is 13.2 Å². The molecule has 146 valence electrons. The monoisotopic (exact) mass is 374 g/mol. The Kier molecular flexibility index (Phi) is 6.29. The van der Waals surface area contributed by atoms with Crippen molar-refractivity contribution >= 4 is 0 Å². The minimum absolute atomic E-state index is 0.00551. The Bertz CT molecular complexity index is 705. The Labute approximate surface area is 160 Å². The van der Waals surface area contributed by atoms with Gasteiger partial charge in [0.2, 0.25) is 0 Å². The summed E-state index contributed by atoms with van der Waals surface area (Å²) in [6, 6.07) is 16.9. The quantitative estimate of drug-likeness (QED) is 0.495. The molecule has 0 aliphatic heterocycles. The summed E-state index contributed by atoms with van der Waals surface area (Å²) >= 11 is 0. The molecular formula is C24H29F3. The van der Waals surface area contributed by atoms with Crippen molar-refractivity contribution in [3.63, 3.8) is 0 Å². The summed E-state index contributed by atoms with van der Waals surface area (Å²) in [5, 5.41) is 0. The molecule has 0 unspecified atom stereocenters. The standard InChI is InChI=1S/C24H29F3/c1-2-6-19-7-11-21(12-8-19)23(16-4-3-5-17-23)22-13-9-20(10-14-22)15-18-24(25,26)27/h7-14H,2-6,15-18H2,1H3. The maximum Gasteiger partial charge on any atom is 0.389 e. The van der Waals surface area contributed by atoms with E-state index in [1.807, 2.05) is 12.1 Å². The van der Waals surface area contributed by atoms with E-state index in [2.05, 4.69) is 43.3 Å². The van der Waals surface area contributed by atoms with Crippen LogP contribution < -0.4 is 0 Å². The summed E-state index contributed by atoms with van der Waals surface area (Å²) < 4.78 is 37.4. The van der Waals surface area contributed by atoms with Gasteiger partial charge in [-0.05, 0) is 47.9 Å². The van der Waals surface area contributed by atoms with Gasteiger partial charge in [0.25, 0.3) is 0 Å². The highest BCUT2D eigenvalue weighted by Gasteiger charge is 2.35. The second-order valence-corrected chi connectivity index (χ2v) is 7.90. The molecule has 0 N–H and O–H groups in total. The molecule has 1 aliphatic carbocycles. The summed E-state index contributed by atoms with van der Waals surface area (Å²) in [6.45, 7) is 2.19. The van der Waals surface area contributed by atoms with Crippen LogP contribution in [0.5, 0.6) is 0 Å². The van der Waals surface area contributed by atoms with E-state index in [1.54, 1.807) is 0 Å². The van der Waals surface area contributed by atoms with Gasteiger partial charge in [0.05, 0.1) is 0 Å². The summed E-state index contributed by atoms with van der Waals surface area (Å²) in [4.78, 5) is 0. The zero-order valence-corrected chi connectivity index (χ0v) is 16.1. The van der Waals surface area contributed by atoms with E-state index in [-0.39, 0.29) is 11.8 Å². The number of halogens is 3. The maximum atomic E-state index is 12.5. The predicted octanol–water partition coefficient (Wildman–Crippen LogP) is 7.38. The van der Waals surface area contributed by atoms with Crippen molar-refractivity contribution < 1.29 is 13.2 Å². The first-order valence-electron chi connectivity index (χ1n) is 10.2. The number of hydrogen-bond acceptors (Lipinski definition) is 0. The van der Waals surface area contributed by atoms with Crippen LogP contribution in [0.2, 0.25) is 0 Å². The summed E-state index contributed by atoms with van der Waals surface area (Å²) in [5.41, 5.74) is 4.74. The molecule has 3 rings (SSSR count). The minimum atomic E-state index is -4.09. The molecule has 0 amide bonds. The Hall–Kier alpha value is -1.77. The van der Waals surface area contributed by atoms with Gasteiger partial charge in [0.1, 0.15) is 0 Å². The smallest absolute Gasteiger partial charge is 0.171 e. The van der Waals surface area contributed by atoms with Crippen LogP contribution >= 0.6 is 0 Å². The summed E-state index contributed by atoms with van der Waals surface area (Å²) in [5.74, 6) is 0. The largest absolute Gasteiger partial charge is 0.389 e. The lowest BCUT2D eigenvalue weighted by Gasteiger charge is -2.39. The van der Waals surface area contributed by atoms with Crippen LogP contribution in [0.15, 0.2) is 48.5 Å². The fraction of sp³-hybridized carbons (Fsp3) is 0.500. The van der Waals surface area contributed by atoms with Gasteiger partial charge >= 0.3 is 6.18 Å². The van der Waals surface area contributed by atoms with Gasteiger partial charge < -0.3 is 0 Å². The van der Waals surface area contributed by atoms with E-state index in [0.717, 1.165) is 31.2 Å². The van der Waals surface area contributed by atoms with Crippen molar-refractivity contribution in [1.29, 1.82) is 0 Å². The number of alkyl halides is 3. The van der Waals surface area contributed by atoms with Crippen molar-refractivity contribution in [2.24, 2.45) is 0 Å². The molecule has 0 saturated heterocycles. The molecule has 1 saturated carbocycles. The lowest BCUT2D eigenvalue weighted by molar-refractivity contribution is -0.133. The first-order chi connectivity index (χ1) is 12.9. The normalized spacial score (nSPS) is 17.0. The van der Waals surface area contributed by atoms with Crippen LogP contribution in [0.3, 0.4) is 0 Å². The molecule has 1 fully saturated rings. The van der Waals surface area contributed by atoms with Crippen LogP contribution in [0, 0.1) is 0 Å². The molecule has 3 heteroatoms. The number of rotatable bonds is 6. The fourth-order valence-electron chi connectivity index (χ4n) is 4.45. The fourth-order valence-corrected chi connectivity index (χ4v) is 4.45. The second-order valence-electron chi connectivity index (χ2n) is 7.90. The second kappa shape index (κ2) is 8.50. The van der Waals surface area contributed by atoms with E-state index < -0.39 is 12.6 Å². The predicted molar refractivity (Wildman–Crippen MR) is 105 cm³/mol. The van der Waals surface area contributed by atoms with Crippen molar-refractivity contribution in [1.82, 2.24) is 0 Å². The topological polar surface area (TPSA) is 0 Å². The van der Waals surface area contributed by atoms with E-state index in [0.29, 0.717) is 0 Å². The van der Waals surface area contributed by atoms with E-state index in [4.69, 9.17) is 0 Å². The van der Waals surface area contributed by atoms with Gasteiger partial charge in [-0.15, -0.1) is 0 Å². The molecule has 1 aliphatic rings. The maximum absolute atomic E-state index is 12.5. The molecule has 2 aromatic rings. The van der Waals surface area contributed by atoms with E-state index in [1.165, 1.54) is 36.0 Å². The van der Waals surface area contributed by atoms with Crippen molar-refractivity contribution in [3.05, 3.63) is 70.8 Å². The third-order valence-electron chi connectivity index (χ3n) is 5.96. The molecule has 0 aromatic heterocycles. The highest BCUT2D eigenvalue weighted by Crippen LogP contribution is 2.45. The Morgan fingerprint density at radius 1 is 0.741 bits per heavy atom. The SMILES string of the molecule is CCCc1ccc(C2(c3ccc(CCC(F)(F)F)cc3)CCCCC2)cc1. The summed E-state index contributed by atoms with van der Waals surface area (Å²) in [7, 11) is 0. The van der Waals surface area contributed by atoms with Crippen LogP contribution in [-0.2, 0) is 18.3 Å². The first kappa shape index (κ1) is 20.0. The average Bonchev–Trinajstić information content (AvgIpc) is 2.68. The third-order valence-corrected chi connectivity index (χ3v) is 5.96. The van der Waals surface area contributed by atoms with Crippen LogP contribution in [-0.4, -0.2) is 6.18 Å². The first-order valence-corrected chi connectivity index (χ1v) is 10.2. The van der Waals surface area contributed by atoms with Crippen molar-refractivity contribution in [2.45, 2.75) is 76.3 Å². The Morgan fingerprint density at radius 2 is 1.22 bits per heavy atom. The average molecular weight is 374 g/mol. The minimum Gasteiger partial charge on any atom is -0.171 e. The van der Waals surface area contributed by atoms with E-state index >= 15 is 0 Å². The number of hydrogen-bond donors (Lipinski definition) is 0. The Balaban J connectivity index is 1.86. The lowest BCUT2D eigenvalue weighted by Crippen LogP contribution is -2.30. The molecule has 27 heavy (non-hydrogen) atoms. The lowest BCUT2D eigenvalue weighted by atomic mass is 9.65. The molecular weight excluding hydrogens is 345 g/mol. The zero-order chi connectivity index (χ0) is 19.3. The van der Waals surface area contributed by atoms with Gasteiger partial charge in [-0.1, -0.05) is 81.1 Å². The van der Waals surface area contributed by atoms with Gasteiger partial charge in [-0.3, -0.25) is 0 Å². The molecule has 0 spiro atoms. The molecule has 0 atom stereocenters. The molecule has 0 radical (unpaired) electrons. The molecule has 0 nitrogen and oxygen atoms in total. The van der Waals surface area contributed by atoms with Crippen molar-refractivity contribution in [3.8, 4) is 0 Å². The van der Waals surface area contributed by atoms with Crippen molar-refractivity contribution in [2.75, 3.05) is 0 Å². The number of benzene rings is 2. The van der Waals surface area contributed by atoms with Gasteiger partial charge in [-0.2, -0.15) is 13.2 Å². The third kappa shape index (κ3) is 4.94. The highest BCUT2D eigenvalue weighted by atomic mass is 19.4. The molecule has 0 bridgehead atoms. The van der Waals surface area contributed by atoms with Crippen LogP contribution in [0.4, 0.5) is 13.2 Å². The highest BCUT2D eigenvalue weighted by molar-refractivity contribution is 5.42. The summed E-state index contributed by atoms with van der Waals surface area (Å²) in [6.07, 6.45) is 3.34. The van der Waals surface area contributed by atoms with Gasteiger partial charge in [0.15, 0.2) is 0 Å².